The Morgan fingerprint density at radius 1 is 1.24 bits per heavy atom. The lowest BCUT2D eigenvalue weighted by Crippen LogP contribution is -2.38. The molecule has 0 aliphatic heterocycles. The minimum Gasteiger partial charge on any atom is -0.383 e. The van der Waals surface area contributed by atoms with Crippen molar-refractivity contribution >= 4 is 5.96 Å². The Kier molecular flexibility index (Phi) is 6.82. The first kappa shape index (κ1) is 13.5. The summed E-state index contributed by atoms with van der Waals surface area (Å²) in [6, 6.07) is 10.2. The third kappa shape index (κ3) is 5.92. The molecule has 0 atom stereocenters. The number of hydrogen-bond acceptors (Lipinski definition) is 2. The van der Waals surface area contributed by atoms with Gasteiger partial charge < -0.3 is 15.4 Å². The van der Waals surface area contributed by atoms with E-state index < -0.39 is 0 Å². The highest BCUT2D eigenvalue weighted by molar-refractivity contribution is 5.79. The molecule has 0 aliphatic carbocycles. The molecular weight excluding hydrogens is 214 g/mol. The quantitative estimate of drug-likeness (QED) is 0.445. The van der Waals surface area contributed by atoms with Gasteiger partial charge in [0.25, 0.3) is 0 Å². The van der Waals surface area contributed by atoms with E-state index in [0.717, 1.165) is 19.0 Å². The van der Waals surface area contributed by atoms with Gasteiger partial charge in [-0.15, -0.1) is 0 Å². The van der Waals surface area contributed by atoms with E-state index in [1.165, 1.54) is 5.56 Å². The van der Waals surface area contributed by atoms with Gasteiger partial charge in [0.05, 0.1) is 13.2 Å². The molecule has 0 saturated heterocycles. The highest BCUT2D eigenvalue weighted by atomic mass is 16.5. The van der Waals surface area contributed by atoms with Crippen LogP contribution in [-0.2, 0) is 11.3 Å². The molecule has 4 heteroatoms. The van der Waals surface area contributed by atoms with E-state index in [0.29, 0.717) is 13.2 Å². The normalized spacial score (nSPS) is 11.3. The van der Waals surface area contributed by atoms with Crippen molar-refractivity contribution in [2.45, 2.75) is 13.5 Å². The molecule has 0 aliphatic rings. The highest BCUT2D eigenvalue weighted by Crippen LogP contribution is 1.99. The summed E-state index contributed by atoms with van der Waals surface area (Å²) < 4.78 is 4.99. The summed E-state index contributed by atoms with van der Waals surface area (Å²) in [5, 5.41) is 6.40. The van der Waals surface area contributed by atoms with Crippen LogP contribution in [0.5, 0.6) is 0 Å². The van der Waals surface area contributed by atoms with Crippen molar-refractivity contribution in [2.24, 2.45) is 4.99 Å². The number of rotatable bonds is 6. The van der Waals surface area contributed by atoms with Crippen molar-refractivity contribution in [2.75, 3.05) is 26.8 Å². The first-order valence-corrected chi connectivity index (χ1v) is 5.92. The second-order valence-electron chi connectivity index (χ2n) is 3.60. The molecule has 94 valence electrons. The Morgan fingerprint density at radius 3 is 2.65 bits per heavy atom. The topological polar surface area (TPSA) is 45.7 Å². The maximum Gasteiger partial charge on any atom is 0.191 e. The fraction of sp³-hybridized carbons (Fsp3) is 0.462. The van der Waals surface area contributed by atoms with E-state index in [1.54, 1.807) is 7.11 Å². The molecule has 0 unspecified atom stereocenters. The van der Waals surface area contributed by atoms with E-state index in [-0.39, 0.29) is 0 Å². The smallest absolute Gasteiger partial charge is 0.191 e. The first-order valence-electron chi connectivity index (χ1n) is 5.92. The lowest BCUT2D eigenvalue weighted by atomic mass is 10.2. The molecule has 0 heterocycles. The predicted molar refractivity (Wildman–Crippen MR) is 71.1 cm³/mol. The van der Waals surface area contributed by atoms with Gasteiger partial charge in [0.15, 0.2) is 5.96 Å². The minimum atomic E-state index is 0.676. The van der Waals surface area contributed by atoms with Crippen LogP contribution in [0.2, 0.25) is 0 Å². The van der Waals surface area contributed by atoms with E-state index in [9.17, 15) is 0 Å². The van der Waals surface area contributed by atoms with Gasteiger partial charge in [-0.25, -0.2) is 4.99 Å². The lowest BCUT2D eigenvalue weighted by Gasteiger charge is -2.10. The molecule has 1 aromatic rings. The lowest BCUT2D eigenvalue weighted by molar-refractivity contribution is 0.203. The van der Waals surface area contributed by atoms with Gasteiger partial charge in [0, 0.05) is 20.2 Å². The summed E-state index contributed by atoms with van der Waals surface area (Å²) >= 11 is 0. The Morgan fingerprint density at radius 2 is 2.00 bits per heavy atom. The van der Waals surface area contributed by atoms with Crippen molar-refractivity contribution in [3.05, 3.63) is 35.9 Å². The zero-order valence-electron chi connectivity index (χ0n) is 10.6. The summed E-state index contributed by atoms with van der Waals surface area (Å²) in [5.74, 6) is 0.827. The summed E-state index contributed by atoms with van der Waals surface area (Å²) in [5.41, 5.74) is 1.21. The van der Waals surface area contributed by atoms with E-state index in [4.69, 9.17) is 4.74 Å². The molecule has 1 aromatic carbocycles. The average Bonchev–Trinajstić information content (AvgIpc) is 2.37. The molecule has 0 fully saturated rings. The molecular formula is C13H21N3O. The molecule has 4 nitrogen and oxygen atoms in total. The van der Waals surface area contributed by atoms with Crippen LogP contribution >= 0.6 is 0 Å². The fourth-order valence-electron chi connectivity index (χ4n) is 1.37. The zero-order chi connectivity index (χ0) is 12.3. The number of aliphatic imine (C=N–C) groups is 1. The predicted octanol–water partition coefficient (Wildman–Crippen LogP) is 1.39. The molecule has 17 heavy (non-hydrogen) atoms. The molecule has 1 rings (SSSR count). The van der Waals surface area contributed by atoms with Crippen LogP contribution in [0.1, 0.15) is 12.5 Å². The molecule has 0 bridgehead atoms. The van der Waals surface area contributed by atoms with Crippen LogP contribution in [0.4, 0.5) is 0 Å². The maximum absolute atomic E-state index is 4.99. The molecule has 0 aromatic heterocycles. The summed E-state index contributed by atoms with van der Waals surface area (Å²) in [6.45, 7) is 5.03. The van der Waals surface area contributed by atoms with Gasteiger partial charge >= 0.3 is 0 Å². The van der Waals surface area contributed by atoms with Gasteiger partial charge in [-0.05, 0) is 12.5 Å². The average molecular weight is 235 g/mol. The van der Waals surface area contributed by atoms with Gasteiger partial charge in [-0.1, -0.05) is 30.3 Å². The molecule has 2 N–H and O–H groups in total. The van der Waals surface area contributed by atoms with Crippen molar-refractivity contribution in [1.29, 1.82) is 0 Å². The van der Waals surface area contributed by atoms with Gasteiger partial charge in [0.1, 0.15) is 0 Å². The zero-order valence-corrected chi connectivity index (χ0v) is 10.6. The SMILES string of the molecule is CCNC(=NCc1ccccc1)NCCOC. The second kappa shape index (κ2) is 8.58. The largest absolute Gasteiger partial charge is 0.383 e. The number of hydrogen-bond donors (Lipinski definition) is 2. The van der Waals surface area contributed by atoms with Crippen LogP contribution < -0.4 is 10.6 Å². The van der Waals surface area contributed by atoms with Crippen LogP contribution in [0.3, 0.4) is 0 Å². The van der Waals surface area contributed by atoms with Crippen LogP contribution in [-0.4, -0.2) is 32.8 Å². The number of nitrogens with zero attached hydrogens (tertiary/aromatic N) is 1. The number of methoxy groups -OCH3 is 1. The number of benzene rings is 1. The van der Waals surface area contributed by atoms with E-state index >= 15 is 0 Å². The second-order valence-corrected chi connectivity index (χ2v) is 3.60. The minimum absolute atomic E-state index is 0.676. The Hall–Kier alpha value is -1.55. The monoisotopic (exact) mass is 235 g/mol. The third-order valence-electron chi connectivity index (χ3n) is 2.21. The van der Waals surface area contributed by atoms with Crippen molar-refractivity contribution < 1.29 is 4.74 Å². The van der Waals surface area contributed by atoms with Crippen molar-refractivity contribution in [3.63, 3.8) is 0 Å². The summed E-state index contributed by atoms with van der Waals surface area (Å²) in [6.07, 6.45) is 0. The van der Waals surface area contributed by atoms with Crippen molar-refractivity contribution in [3.8, 4) is 0 Å². The summed E-state index contributed by atoms with van der Waals surface area (Å²) in [7, 11) is 1.69. The van der Waals surface area contributed by atoms with Gasteiger partial charge in [0.2, 0.25) is 0 Å². The number of nitrogens with one attached hydrogen (secondary N) is 2. The summed E-state index contributed by atoms with van der Waals surface area (Å²) in [4.78, 5) is 4.49. The standard InChI is InChI=1S/C13H21N3O/c1-3-14-13(15-9-10-17-2)16-11-12-7-5-4-6-8-12/h4-8H,3,9-11H2,1-2H3,(H2,14,15,16). The first-order chi connectivity index (χ1) is 8.36. The fourth-order valence-corrected chi connectivity index (χ4v) is 1.37. The maximum atomic E-state index is 4.99. The van der Waals surface area contributed by atoms with Crippen molar-refractivity contribution in [1.82, 2.24) is 10.6 Å². The van der Waals surface area contributed by atoms with Crippen LogP contribution in [0.25, 0.3) is 0 Å². The van der Waals surface area contributed by atoms with Crippen LogP contribution in [0, 0.1) is 0 Å². The van der Waals surface area contributed by atoms with E-state index in [1.807, 2.05) is 18.2 Å². The Labute approximate surface area is 103 Å². The third-order valence-corrected chi connectivity index (χ3v) is 2.21. The van der Waals surface area contributed by atoms with Gasteiger partial charge in [-0.3, -0.25) is 0 Å². The number of ether oxygens (including phenoxy) is 1. The van der Waals surface area contributed by atoms with E-state index in [2.05, 4.69) is 34.7 Å². The van der Waals surface area contributed by atoms with Crippen LogP contribution in [0.15, 0.2) is 35.3 Å². The molecule has 0 spiro atoms. The molecule has 0 amide bonds. The molecule has 0 saturated carbocycles. The Balaban J connectivity index is 2.45. The Bertz CT molecular complexity index is 325. The van der Waals surface area contributed by atoms with Gasteiger partial charge in [-0.2, -0.15) is 0 Å². The number of guanidine groups is 1. The molecule has 0 radical (unpaired) electrons. The highest BCUT2D eigenvalue weighted by Gasteiger charge is 1.96.